The fraction of sp³-hybridized carbons (Fsp3) is 1.00. The van der Waals surface area contributed by atoms with Gasteiger partial charge in [0.1, 0.15) is 0 Å². The lowest BCUT2D eigenvalue weighted by atomic mass is 9.82. The summed E-state index contributed by atoms with van der Waals surface area (Å²) in [6.45, 7) is 11.7. The summed E-state index contributed by atoms with van der Waals surface area (Å²) >= 11 is 0. The molecule has 0 aliphatic heterocycles. The zero-order valence-electron chi connectivity index (χ0n) is 13.1. The second-order valence-electron chi connectivity index (χ2n) is 6.94. The Morgan fingerprint density at radius 1 is 1.06 bits per heavy atom. The predicted molar refractivity (Wildman–Crippen MR) is 79.5 cm³/mol. The average Bonchev–Trinajstić information content (AvgIpc) is 2.20. The van der Waals surface area contributed by atoms with Gasteiger partial charge in [0.25, 0.3) is 0 Å². The maximum Gasteiger partial charge on any atom is 0.00666 e. The first-order valence-corrected chi connectivity index (χ1v) is 7.56. The molecule has 0 rings (SSSR count). The van der Waals surface area contributed by atoms with Crippen LogP contribution in [0.2, 0.25) is 0 Å². The van der Waals surface area contributed by atoms with E-state index >= 15 is 0 Å². The normalized spacial score (nSPS) is 15.9. The van der Waals surface area contributed by atoms with Crippen molar-refractivity contribution in [3.05, 3.63) is 0 Å². The number of rotatable bonds is 9. The van der Waals surface area contributed by atoms with Crippen LogP contribution >= 0.6 is 0 Å². The van der Waals surface area contributed by atoms with Crippen LogP contribution in [-0.2, 0) is 0 Å². The highest BCUT2D eigenvalue weighted by atomic mass is 14.9. The van der Waals surface area contributed by atoms with Crippen LogP contribution in [0, 0.1) is 11.3 Å². The minimum absolute atomic E-state index is 0.472. The van der Waals surface area contributed by atoms with Gasteiger partial charge in [0, 0.05) is 6.04 Å². The minimum atomic E-state index is 0.472. The number of unbranched alkanes of at least 4 members (excludes halogenated alkanes) is 3. The molecule has 0 heterocycles. The molecule has 0 aromatic heterocycles. The Labute approximate surface area is 110 Å². The fourth-order valence-corrected chi connectivity index (χ4v) is 2.81. The highest BCUT2D eigenvalue weighted by molar-refractivity contribution is 4.73. The van der Waals surface area contributed by atoms with Crippen molar-refractivity contribution in [2.45, 2.75) is 85.6 Å². The zero-order valence-corrected chi connectivity index (χ0v) is 13.1. The van der Waals surface area contributed by atoms with E-state index in [0.717, 1.165) is 12.0 Å². The highest BCUT2D eigenvalue weighted by Crippen LogP contribution is 2.27. The molecule has 1 heteroatoms. The van der Waals surface area contributed by atoms with Gasteiger partial charge in [-0.2, -0.15) is 0 Å². The molecule has 0 saturated heterocycles. The molecule has 1 nitrogen and oxygen atoms in total. The van der Waals surface area contributed by atoms with Crippen molar-refractivity contribution in [2.75, 3.05) is 7.05 Å². The van der Waals surface area contributed by atoms with E-state index in [9.17, 15) is 0 Å². The summed E-state index contributed by atoms with van der Waals surface area (Å²) in [6.07, 6.45) is 9.55. The van der Waals surface area contributed by atoms with Crippen molar-refractivity contribution in [1.29, 1.82) is 0 Å². The quantitative estimate of drug-likeness (QED) is 0.560. The monoisotopic (exact) mass is 241 g/mol. The van der Waals surface area contributed by atoms with E-state index in [0.29, 0.717) is 5.41 Å². The van der Waals surface area contributed by atoms with Gasteiger partial charge in [0.2, 0.25) is 0 Å². The molecular formula is C16H35N. The molecule has 0 aliphatic rings. The third kappa shape index (κ3) is 10.8. The first kappa shape index (κ1) is 17.0. The molecule has 0 spiro atoms. The Bertz CT molecular complexity index is 169. The third-order valence-corrected chi connectivity index (χ3v) is 3.46. The second-order valence-corrected chi connectivity index (χ2v) is 6.94. The second kappa shape index (κ2) is 8.97. The summed E-state index contributed by atoms with van der Waals surface area (Å²) in [5.74, 6) is 0.832. The smallest absolute Gasteiger partial charge is 0.00666 e. The van der Waals surface area contributed by atoms with Gasteiger partial charge in [-0.1, -0.05) is 60.3 Å². The first-order valence-electron chi connectivity index (χ1n) is 7.56. The van der Waals surface area contributed by atoms with E-state index in [1.807, 2.05) is 0 Å². The fourth-order valence-electron chi connectivity index (χ4n) is 2.81. The highest BCUT2D eigenvalue weighted by Gasteiger charge is 2.18. The molecule has 0 bridgehead atoms. The standard InChI is InChI=1S/C16H35N/c1-7-8-9-10-11-15(17-6)12-14(2)13-16(3,4)5/h14-15,17H,7-13H2,1-6H3. The molecule has 0 aromatic rings. The van der Waals surface area contributed by atoms with E-state index in [4.69, 9.17) is 0 Å². The lowest BCUT2D eigenvalue weighted by Gasteiger charge is -2.26. The summed E-state index contributed by atoms with van der Waals surface area (Å²) in [7, 11) is 2.12. The van der Waals surface area contributed by atoms with Crippen LogP contribution < -0.4 is 5.32 Å². The zero-order chi connectivity index (χ0) is 13.3. The molecule has 0 fully saturated rings. The van der Waals surface area contributed by atoms with Gasteiger partial charge in [-0.05, 0) is 37.6 Å². The van der Waals surface area contributed by atoms with Crippen LogP contribution in [0.3, 0.4) is 0 Å². The van der Waals surface area contributed by atoms with Crippen molar-refractivity contribution in [3.63, 3.8) is 0 Å². The molecular weight excluding hydrogens is 206 g/mol. The topological polar surface area (TPSA) is 12.0 Å². The lowest BCUT2D eigenvalue weighted by molar-refractivity contribution is 0.272. The summed E-state index contributed by atoms with van der Waals surface area (Å²) < 4.78 is 0. The Morgan fingerprint density at radius 3 is 2.18 bits per heavy atom. The predicted octanol–water partition coefficient (Wildman–Crippen LogP) is 5.01. The number of hydrogen-bond donors (Lipinski definition) is 1. The Balaban J connectivity index is 3.79. The van der Waals surface area contributed by atoms with Crippen LogP contribution in [-0.4, -0.2) is 13.1 Å². The molecule has 0 saturated carbocycles. The summed E-state index contributed by atoms with van der Waals surface area (Å²) in [6, 6.07) is 0.726. The van der Waals surface area contributed by atoms with Crippen molar-refractivity contribution in [2.24, 2.45) is 11.3 Å². The number of nitrogens with one attached hydrogen (secondary N) is 1. The van der Waals surface area contributed by atoms with Crippen LogP contribution in [0.5, 0.6) is 0 Å². The molecule has 2 atom stereocenters. The Kier molecular flexibility index (Phi) is 8.94. The largest absolute Gasteiger partial charge is 0.317 e. The molecule has 0 radical (unpaired) electrons. The maximum atomic E-state index is 3.50. The van der Waals surface area contributed by atoms with Gasteiger partial charge >= 0.3 is 0 Å². The van der Waals surface area contributed by atoms with Gasteiger partial charge in [-0.3, -0.25) is 0 Å². The van der Waals surface area contributed by atoms with Crippen LogP contribution in [0.4, 0.5) is 0 Å². The minimum Gasteiger partial charge on any atom is -0.317 e. The lowest BCUT2D eigenvalue weighted by Crippen LogP contribution is -2.28. The molecule has 17 heavy (non-hydrogen) atoms. The number of hydrogen-bond acceptors (Lipinski definition) is 1. The average molecular weight is 241 g/mol. The SMILES string of the molecule is CCCCCCC(CC(C)CC(C)(C)C)NC. The van der Waals surface area contributed by atoms with E-state index in [1.165, 1.54) is 44.9 Å². The molecule has 2 unspecified atom stereocenters. The van der Waals surface area contributed by atoms with Crippen LogP contribution in [0.1, 0.15) is 79.6 Å². The van der Waals surface area contributed by atoms with Gasteiger partial charge in [0.15, 0.2) is 0 Å². The molecule has 1 N–H and O–H groups in total. The van der Waals surface area contributed by atoms with Crippen molar-refractivity contribution < 1.29 is 0 Å². The van der Waals surface area contributed by atoms with E-state index in [1.54, 1.807) is 0 Å². The maximum absolute atomic E-state index is 3.50. The van der Waals surface area contributed by atoms with E-state index < -0.39 is 0 Å². The third-order valence-electron chi connectivity index (χ3n) is 3.46. The molecule has 0 amide bonds. The van der Waals surface area contributed by atoms with Crippen LogP contribution in [0.15, 0.2) is 0 Å². The van der Waals surface area contributed by atoms with Gasteiger partial charge in [-0.15, -0.1) is 0 Å². The summed E-state index contributed by atoms with van der Waals surface area (Å²) in [5.41, 5.74) is 0.472. The van der Waals surface area contributed by atoms with Crippen molar-refractivity contribution in [1.82, 2.24) is 5.32 Å². The van der Waals surface area contributed by atoms with Gasteiger partial charge in [0.05, 0.1) is 0 Å². The van der Waals surface area contributed by atoms with Gasteiger partial charge < -0.3 is 5.32 Å². The van der Waals surface area contributed by atoms with Crippen LogP contribution in [0.25, 0.3) is 0 Å². The van der Waals surface area contributed by atoms with E-state index in [-0.39, 0.29) is 0 Å². The molecule has 104 valence electrons. The van der Waals surface area contributed by atoms with E-state index in [2.05, 4.69) is 47.0 Å². The molecule has 0 aliphatic carbocycles. The summed E-state index contributed by atoms with van der Waals surface area (Å²) in [4.78, 5) is 0. The van der Waals surface area contributed by atoms with Crippen molar-refractivity contribution in [3.8, 4) is 0 Å². The summed E-state index contributed by atoms with van der Waals surface area (Å²) in [5, 5.41) is 3.50. The Morgan fingerprint density at radius 2 is 1.71 bits per heavy atom. The first-order chi connectivity index (χ1) is 7.89. The Hall–Kier alpha value is -0.0400. The van der Waals surface area contributed by atoms with Gasteiger partial charge in [-0.25, -0.2) is 0 Å². The van der Waals surface area contributed by atoms with Crippen molar-refractivity contribution >= 4 is 0 Å². The molecule has 0 aromatic carbocycles.